The zero-order valence-electron chi connectivity index (χ0n) is 20.1. The van der Waals surface area contributed by atoms with E-state index in [4.69, 9.17) is 37.3 Å². The molecule has 2 aromatic heterocycles. The second-order valence-corrected chi connectivity index (χ2v) is 10.7. The minimum Gasteiger partial charge on any atom is -0.488 e. The Labute approximate surface area is 246 Å². The van der Waals surface area contributed by atoms with Crippen molar-refractivity contribution < 1.29 is 9.15 Å². The fourth-order valence-electron chi connectivity index (χ4n) is 4.12. The van der Waals surface area contributed by atoms with Crippen molar-refractivity contribution in [1.29, 1.82) is 0 Å². The second kappa shape index (κ2) is 10.8. The van der Waals surface area contributed by atoms with Crippen LogP contribution < -0.4 is 10.3 Å². The van der Waals surface area contributed by atoms with Gasteiger partial charge in [0, 0.05) is 21.0 Å². The van der Waals surface area contributed by atoms with Gasteiger partial charge in [-0.2, -0.15) is 9.78 Å². The van der Waals surface area contributed by atoms with E-state index in [2.05, 4.69) is 27.7 Å². The van der Waals surface area contributed by atoms with Crippen LogP contribution in [0.2, 0.25) is 10.0 Å². The third-order valence-corrected chi connectivity index (χ3v) is 7.51. The molecule has 0 radical (unpaired) electrons. The summed E-state index contributed by atoms with van der Waals surface area (Å²) in [5.74, 6) is 1.47. The van der Waals surface area contributed by atoms with Crippen LogP contribution in [0.3, 0.4) is 0 Å². The molecule has 6 aromatic rings. The smallest absolute Gasteiger partial charge is 0.282 e. The zero-order chi connectivity index (χ0) is 26.9. The van der Waals surface area contributed by atoms with E-state index in [1.807, 2.05) is 60.7 Å². The first kappa shape index (κ1) is 25.6. The van der Waals surface area contributed by atoms with Gasteiger partial charge in [-0.15, -0.1) is 0 Å². The highest BCUT2D eigenvalue weighted by molar-refractivity contribution is 14.1. The summed E-state index contributed by atoms with van der Waals surface area (Å²) in [6.45, 7) is 0.304. The van der Waals surface area contributed by atoms with Crippen LogP contribution in [0.1, 0.15) is 11.1 Å². The van der Waals surface area contributed by atoms with Gasteiger partial charge in [0.15, 0.2) is 5.76 Å². The summed E-state index contributed by atoms with van der Waals surface area (Å²) in [6.07, 6.45) is 1.62. The highest BCUT2D eigenvalue weighted by atomic mass is 127. The van der Waals surface area contributed by atoms with Crippen LogP contribution in [0.15, 0.2) is 105 Å². The molecule has 9 heteroatoms. The molecule has 0 unspecified atom stereocenters. The van der Waals surface area contributed by atoms with Gasteiger partial charge in [0.25, 0.3) is 5.56 Å². The summed E-state index contributed by atoms with van der Waals surface area (Å²) in [4.78, 5) is 18.2. The Kier molecular flexibility index (Phi) is 7.12. The second-order valence-electron chi connectivity index (χ2n) is 8.68. The molecule has 0 aliphatic carbocycles. The molecule has 6 nitrogen and oxygen atoms in total. The van der Waals surface area contributed by atoms with E-state index in [0.717, 1.165) is 20.1 Å². The number of benzene rings is 4. The van der Waals surface area contributed by atoms with Crippen LogP contribution >= 0.6 is 45.8 Å². The van der Waals surface area contributed by atoms with Crippen LogP contribution in [-0.4, -0.2) is 15.9 Å². The molecule has 39 heavy (non-hydrogen) atoms. The third-order valence-electron chi connectivity index (χ3n) is 6.08. The van der Waals surface area contributed by atoms with Gasteiger partial charge in [0.2, 0.25) is 5.82 Å². The fraction of sp³-hybridized carbons (Fsp3) is 0.0333. The van der Waals surface area contributed by atoms with Gasteiger partial charge in [0.1, 0.15) is 17.9 Å². The number of nitrogens with zero attached hydrogens (tertiary/aromatic N) is 3. The molecule has 0 N–H and O–H groups in total. The Hall–Kier alpha value is -3.66. The molecule has 0 aliphatic heterocycles. The molecule has 4 aromatic carbocycles. The van der Waals surface area contributed by atoms with E-state index in [9.17, 15) is 4.79 Å². The highest BCUT2D eigenvalue weighted by Crippen LogP contribution is 2.28. The van der Waals surface area contributed by atoms with Gasteiger partial charge in [0.05, 0.1) is 20.7 Å². The van der Waals surface area contributed by atoms with E-state index < -0.39 is 0 Å². The van der Waals surface area contributed by atoms with Gasteiger partial charge < -0.3 is 9.15 Å². The lowest BCUT2D eigenvalue weighted by Gasteiger charge is -2.10. The monoisotopic (exact) mass is 665 g/mol. The summed E-state index contributed by atoms with van der Waals surface area (Å²) in [5.41, 5.74) is 2.61. The van der Waals surface area contributed by atoms with Crippen molar-refractivity contribution >= 4 is 73.9 Å². The molecular formula is C30H18Cl2IN3O3. The van der Waals surface area contributed by atoms with Gasteiger partial charge in [-0.25, -0.2) is 4.98 Å². The van der Waals surface area contributed by atoms with E-state index in [0.29, 0.717) is 50.5 Å². The molecule has 2 heterocycles. The number of fused-ring (bicyclic) bond motifs is 2. The molecule has 0 saturated heterocycles. The fourth-order valence-corrected chi connectivity index (χ4v) is 5.27. The summed E-state index contributed by atoms with van der Waals surface area (Å²) >= 11 is 14.5. The van der Waals surface area contributed by atoms with Gasteiger partial charge in [-0.1, -0.05) is 59.6 Å². The number of ether oxygens (including phenoxy) is 1. The molecular weight excluding hydrogens is 648 g/mol. The Morgan fingerprint density at radius 2 is 1.79 bits per heavy atom. The minimum atomic E-state index is -0.290. The van der Waals surface area contributed by atoms with Crippen molar-refractivity contribution in [2.75, 3.05) is 0 Å². The summed E-state index contributed by atoms with van der Waals surface area (Å²) in [5, 5.41) is 7.05. The molecule has 0 spiro atoms. The maximum absolute atomic E-state index is 13.5. The molecule has 0 amide bonds. The molecule has 0 atom stereocenters. The predicted octanol–water partition coefficient (Wildman–Crippen LogP) is 8.18. The average Bonchev–Trinajstić information content (AvgIpc) is 3.37. The Bertz CT molecular complexity index is 1920. The van der Waals surface area contributed by atoms with Crippen LogP contribution in [0.25, 0.3) is 33.5 Å². The van der Waals surface area contributed by atoms with Crippen molar-refractivity contribution in [3.8, 4) is 17.3 Å². The molecule has 0 bridgehead atoms. The number of aromatic nitrogens is 2. The normalized spacial score (nSPS) is 11.6. The quantitative estimate of drug-likeness (QED) is 0.133. The van der Waals surface area contributed by atoms with Crippen LogP contribution in [0, 0.1) is 3.57 Å². The van der Waals surface area contributed by atoms with Crippen LogP contribution in [0.4, 0.5) is 0 Å². The zero-order valence-corrected chi connectivity index (χ0v) is 23.8. The Morgan fingerprint density at radius 3 is 2.62 bits per heavy atom. The number of hydrogen-bond donors (Lipinski definition) is 0. The third kappa shape index (κ3) is 5.30. The van der Waals surface area contributed by atoms with E-state index in [1.165, 1.54) is 4.68 Å². The maximum Gasteiger partial charge on any atom is 0.282 e. The predicted molar refractivity (Wildman–Crippen MR) is 164 cm³/mol. The number of rotatable bonds is 6. The van der Waals surface area contributed by atoms with Crippen molar-refractivity contribution in [3.05, 3.63) is 126 Å². The van der Waals surface area contributed by atoms with Crippen LogP contribution in [-0.2, 0) is 6.61 Å². The first-order valence-corrected chi connectivity index (χ1v) is 13.7. The Morgan fingerprint density at radius 1 is 0.974 bits per heavy atom. The standard InChI is InChI=1S/C30H18Cl2IN3O3/c31-21-11-10-20(23(32)15-21)17-38-27-12-9-18(13-24(27)33)16-34-36-29(28-14-19-5-1-4-8-26(19)39-28)35-25-7-3-2-6-22(25)30(36)37/h1-16H,17H2. The lowest BCUT2D eigenvalue weighted by Crippen LogP contribution is -2.20. The van der Waals surface area contributed by atoms with E-state index >= 15 is 0 Å². The SMILES string of the molecule is O=c1c2ccccc2nc(-c2cc3ccccc3o2)n1N=Cc1ccc(OCc2ccc(Cl)cc2Cl)c(I)c1. The van der Waals surface area contributed by atoms with Gasteiger partial charge >= 0.3 is 0 Å². The summed E-state index contributed by atoms with van der Waals surface area (Å²) in [6, 6.07) is 27.6. The minimum absolute atomic E-state index is 0.290. The number of halogens is 3. The largest absolute Gasteiger partial charge is 0.488 e. The number of hydrogen-bond acceptors (Lipinski definition) is 5. The van der Waals surface area contributed by atoms with Gasteiger partial charge in [-0.3, -0.25) is 4.79 Å². The highest BCUT2D eigenvalue weighted by Gasteiger charge is 2.16. The molecule has 6 rings (SSSR count). The maximum atomic E-state index is 13.5. The van der Waals surface area contributed by atoms with E-state index in [-0.39, 0.29) is 5.56 Å². The van der Waals surface area contributed by atoms with Crippen molar-refractivity contribution in [3.63, 3.8) is 0 Å². The van der Waals surface area contributed by atoms with Crippen LogP contribution in [0.5, 0.6) is 5.75 Å². The first-order chi connectivity index (χ1) is 19.0. The number of para-hydroxylation sites is 2. The molecule has 0 saturated carbocycles. The molecule has 0 aliphatic rings. The lowest BCUT2D eigenvalue weighted by atomic mass is 10.2. The number of furan rings is 1. The van der Waals surface area contributed by atoms with Crippen molar-refractivity contribution in [2.45, 2.75) is 6.61 Å². The van der Waals surface area contributed by atoms with E-state index in [1.54, 1.807) is 36.5 Å². The van der Waals surface area contributed by atoms with Gasteiger partial charge in [-0.05, 0) is 82.8 Å². The molecule has 192 valence electrons. The topological polar surface area (TPSA) is 69.6 Å². The van der Waals surface area contributed by atoms with Crippen molar-refractivity contribution in [1.82, 2.24) is 9.66 Å². The lowest BCUT2D eigenvalue weighted by molar-refractivity contribution is 0.304. The Balaban J connectivity index is 1.34. The first-order valence-electron chi connectivity index (χ1n) is 11.9. The summed E-state index contributed by atoms with van der Waals surface area (Å²) in [7, 11) is 0. The summed E-state index contributed by atoms with van der Waals surface area (Å²) < 4.78 is 14.2. The van der Waals surface area contributed by atoms with Crippen molar-refractivity contribution in [2.24, 2.45) is 5.10 Å². The molecule has 0 fully saturated rings. The average molecular weight is 666 g/mol.